The predicted molar refractivity (Wildman–Crippen MR) is 127 cm³/mol. The van der Waals surface area contributed by atoms with Crippen LogP contribution in [-0.4, -0.2) is 51.9 Å². The van der Waals surface area contributed by atoms with Gasteiger partial charge in [-0.2, -0.15) is 4.98 Å². The molecular formula is C23H27BrN6O2. The van der Waals surface area contributed by atoms with Crippen LogP contribution in [0.1, 0.15) is 24.0 Å². The number of H-pyrrole nitrogens is 1. The second kappa shape index (κ2) is 10.5. The largest absolute Gasteiger partial charge is 0.445 e. The van der Waals surface area contributed by atoms with E-state index < -0.39 is 0 Å². The number of hydrogen-bond acceptors (Lipinski definition) is 6. The first kappa shape index (κ1) is 22.1. The standard InChI is InChI=1S/C23H27BrN6O2/c24-19-8-6-17(7-9-19)10-15-30(23(31)32-16-18-4-2-1-3-5-18)20-11-13-29(14-12-20)22-26-21(25)27-28-22/h1-9,20H,10-16H2,(H3,25,26,27,28). The van der Waals surface area contributed by atoms with Gasteiger partial charge in [-0.15, -0.1) is 5.10 Å². The molecule has 0 saturated carbocycles. The van der Waals surface area contributed by atoms with Gasteiger partial charge in [0.2, 0.25) is 11.9 Å². The van der Waals surface area contributed by atoms with Crippen LogP contribution in [0.15, 0.2) is 59.1 Å². The fraction of sp³-hybridized carbons (Fsp3) is 0.348. The summed E-state index contributed by atoms with van der Waals surface area (Å²) in [7, 11) is 0. The van der Waals surface area contributed by atoms with Crippen molar-refractivity contribution >= 4 is 33.9 Å². The number of rotatable bonds is 7. The molecule has 32 heavy (non-hydrogen) atoms. The van der Waals surface area contributed by atoms with Crippen molar-refractivity contribution in [3.8, 4) is 0 Å². The molecule has 8 nitrogen and oxygen atoms in total. The second-order valence-corrected chi connectivity index (χ2v) is 8.76. The van der Waals surface area contributed by atoms with E-state index in [1.54, 1.807) is 0 Å². The van der Waals surface area contributed by atoms with Gasteiger partial charge in [0, 0.05) is 30.1 Å². The summed E-state index contributed by atoms with van der Waals surface area (Å²) in [6.07, 6.45) is 2.13. The van der Waals surface area contributed by atoms with Crippen LogP contribution in [-0.2, 0) is 17.8 Å². The van der Waals surface area contributed by atoms with E-state index in [0.717, 1.165) is 42.4 Å². The molecule has 1 aliphatic rings. The Balaban J connectivity index is 1.40. The maximum absolute atomic E-state index is 13.1. The third-order valence-electron chi connectivity index (χ3n) is 5.67. The summed E-state index contributed by atoms with van der Waals surface area (Å²) in [5, 5.41) is 6.83. The minimum Gasteiger partial charge on any atom is -0.445 e. The first-order valence-electron chi connectivity index (χ1n) is 10.7. The molecule has 0 atom stereocenters. The van der Waals surface area contributed by atoms with Crippen LogP contribution < -0.4 is 10.6 Å². The Morgan fingerprint density at radius 1 is 1.12 bits per heavy atom. The van der Waals surface area contributed by atoms with Gasteiger partial charge in [0.15, 0.2) is 0 Å². The van der Waals surface area contributed by atoms with Crippen LogP contribution in [0.2, 0.25) is 0 Å². The first-order chi connectivity index (χ1) is 15.6. The Hall–Kier alpha value is -3.07. The quantitative estimate of drug-likeness (QED) is 0.510. The lowest BCUT2D eigenvalue weighted by Crippen LogP contribution is -2.48. The number of halogens is 1. The number of carbonyl (C=O) groups excluding carboxylic acids is 1. The van der Waals surface area contributed by atoms with Gasteiger partial charge < -0.3 is 20.3 Å². The van der Waals surface area contributed by atoms with Gasteiger partial charge in [0.25, 0.3) is 0 Å². The van der Waals surface area contributed by atoms with E-state index in [4.69, 9.17) is 10.5 Å². The molecule has 4 rings (SSSR count). The Labute approximate surface area is 195 Å². The average molecular weight is 499 g/mol. The van der Waals surface area contributed by atoms with Crippen molar-refractivity contribution in [2.24, 2.45) is 0 Å². The zero-order chi connectivity index (χ0) is 22.3. The zero-order valence-electron chi connectivity index (χ0n) is 17.8. The van der Waals surface area contributed by atoms with E-state index in [9.17, 15) is 4.79 Å². The van der Waals surface area contributed by atoms with Crippen LogP contribution in [0.3, 0.4) is 0 Å². The number of nitrogen functional groups attached to an aromatic ring is 1. The van der Waals surface area contributed by atoms with E-state index in [0.29, 0.717) is 18.4 Å². The minimum atomic E-state index is -0.272. The maximum atomic E-state index is 13.1. The summed E-state index contributed by atoms with van der Waals surface area (Å²) in [4.78, 5) is 21.3. The molecule has 1 fully saturated rings. The third-order valence-corrected chi connectivity index (χ3v) is 6.20. The number of aromatic nitrogens is 3. The molecule has 3 N–H and O–H groups in total. The van der Waals surface area contributed by atoms with Crippen molar-refractivity contribution in [1.29, 1.82) is 0 Å². The number of nitrogens with zero attached hydrogens (tertiary/aromatic N) is 4. The van der Waals surface area contributed by atoms with Crippen LogP contribution in [0, 0.1) is 0 Å². The molecule has 1 aromatic heterocycles. The second-order valence-electron chi connectivity index (χ2n) is 7.85. The van der Waals surface area contributed by atoms with E-state index in [2.05, 4.69) is 48.1 Å². The predicted octanol–water partition coefficient (Wildman–Crippen LogP) is 4.00. The maximum Gasteiger partial charge on any atom is 0.410 e. The Kier molecular flexibility index (Phi) is 7.26. The number of hydrogen-bond donors (Lipinski definition) is 2. The first-order valence-corrected chi connectivity index (χ1v) is 11.5. The van der Waals surface area contributed by atoms with Gasteiger partial charge in [-0.25, -0.2) is 9.89 Å². The normalized spacial score (nSPS) is 14.3. The topological polar surface area (TPSA) is 100 Å². The van der Waals surface area contributed by atoms with Crippen molar-refractivity contribution in [1.82, 2.24) is 20.1 Å². The molecule has 1 saturated heterocycles. The molecule has 0 aliphatic carbocycles. The van der Waals surface area contributed by atoms with E-state index in [1.807, 2.05) is 47.4 Å². The highest BCUT2D eigenvalue weighted by atomic mass is 79.9. The van der Waals surface area contributed by atoms with Crippen molar-refractivity contribution in [2.75, 3.05) is 30.3 Å². The molecule has 2 heterocycles. The summed E-state index contributed by atoms with van der Waals surface area (Å²) in [5.74, 6) is 0.914. The van der Waals surface area contributed by atoms with Crippen molar-refractivity contribution < 1.29 is 9.53 Å². The van der Waals surface area contributed by atoms with Crippen LogP contribution in [0.25, 0.3) is 0 Å². The summed E-state index contributed by atoms with van der Waals surface area (Å²) in [6, 6.07) is 18.1. The molecule has 1 aliphatic heterocycles. The summed E-state index contributed by atoms with van der Waals surface area (Å²) in [6.45, 7) is 2.38. The summed E-state index contributed by atoms with van der Waals surface area (Å²) < 4.78 is 6.73. The molecule has 2 aromatic carbocycles. The van der Waals surface area contributed by atoms with Crippen LogP contribution in [0.5, 0.6) is 0 Å². The van der Waals surface area contributed by atoms with Crippen molar-refractivity contribution in [3.63, 3.8) is 0 Å². The number of nitrogens with one attached hydrogen (secondary N) is 1. The Bertz CT molecular complexity index is 1000. The third kappa shape index (κ3) is 5.79. The van der Waals surface area contributed by atoms with Crippen molar-refractivity contribution in [3.05, 3.63) is 70.2 Å². The monoisotopic (exact) mass is 498 g/mol. The van der Waals surface area contributed by atoms with Crippen LogP contribution >= 0.6 is 15.9 Å². The minimum absolute atomic E-state index is 0.0984. The fourth-order valence-corrected chi connectivity index (χ4v) is 4.17. The molecule has 168 valence electrons. The zero-order valence-corrected chi connectivity index (χ0v) is 19.4. The van der Waals surface area contributed by atoms with Crippen LogP contribution in [0.4, 0.5) is 16.7 Å². The molecule has 3 aromatic rings. The highest BCUT2D eigenvalue weighted by Crippen LogP contribution is 2.22. The van der Waals surface area contributed by atoms with Gasteiger partial charge in [0.1, 0.15) is 6.61 Å². The number of anilines is 2. The highest BCUT2D eigenvalue weighted by molar-refractivity contribution is 9.10. The number of nitrogens with two attached hydrogens (primary N) is 1. The van der Waals surface area contributed by atoms with E-state index in [-0.39, 0.29) is 18.7 Å². The van der Waals surface area contributed by atoms with Gasteiger partial charge >= 0.3 is 6.09 Å². The lowest BCUT2D eigenvalue weighted by atomic mass is 10.0. The van der Waals surface area contributed by atoms with E-state index in [1.165, 1.54) is 5.56 Å². The number of carbonyl (C=O) groups is 1. The van der Waals surface area contributed by atoms with E-state index >= 15 is 0 Å². The molecule has 0 spiro atoms. The Morgan fingerprint density at radius 2 is 1.84 bits per heavy atom. The summed E-state index contributed by atoms with van der Waals surface area (Å²) in [5.41, 5.74) is 7.82. The number of benzene rings is 2. The molecule has 1 amide bonds. The molecule has 0 unspecified atom stereocenters. The lowest BCUT2D eigenvalue weighted by Gasteiger charge is -2.37. The lowest BCUT2D eigenvalue weighted by molar-refractivity contribution is 0.0752. The van der Waals surface area contributed by atoms with Gasteiger partial charge in [-0.05, 0) is 42.5 Å². The van der Waals surface area contributed by atoms with Gasteiger partial charge in [-0.3, -0.25) is 0 Å². The number of amides is 1. The SMILES string of the molecule is Nc1nc(N2CCC(N(CCc3ccc(Br)cc3)C(=O)OCc3ccccc3)CC2)n[nH]1. The fourth-order valence-electron chi connectivity index (χ4n) is 3.91. The summed E-state index contributed by atoms with van der Waals surface area (Å²) >= 11 is 3.47. The Morgan fingerprint density at radius 3 is 2.50 bits per heavy atom. The molecule has 0 bridgehead atoms. The number of aromatic amines is 1. The average Bonchev–Trinajstić information content (AvgIpc) is 3.26. The molecule has 0 radical (unpaired) electrons. The van der Waals surface area contributed by atoms with Gasteiger partial charge in [0.05, 0.1) is 0 Å². The number of ether oxygens (including phenoxy) is 1. The number of piperidine rings is 1. The van der Waals surface area contributed by atoms with Crippen molar-refractivity contribution in [2.45, 2.75) is 31.9 Å². The highest BCUT2D eigenvalue weighted by Gasteiger charge is 2.30. The smallest absolute Gasteiger partial charge is 0.410 e. The molecular weight excluding hydrogens is 472 g/mol. The molecule has 9 heteroatoms. The van der Waals surface area contributed by atoms with Gasteiger partial charge in [-0.1, -0.05) is 58.4 Å².